The van der Waals surface area contributed by atoms with Crippen molar-refractivity contribution >= 4 is 29.7 Å². The van der Waals surface area contributed by atoms with Crippen LogP contribution in [0, 0.1) is 0 Å². The number of benzene rings is 1. The third-order valence-corrected chi connectivity index (χ3v) is 3.23. The number of aromatic nitrogens is 1. The lowest BCUT2D eigenvalue weighted by atomic mass is 10.0. The molecule has 6 heteroatoms. The van der Waals surface area contributed by atoms with Crippen LogP contribution in [0.5, 0.6) is 0 Å². The Morgan fingerprint density at radius 2 is 1.85 bits per heavy atom. The first-order valence-electron chi connectivity index (χ1n) is 5.77. The predicted octanol–water partition coefficient (Wildman–Crippen LogP) is 2.33. The maximum atomic E-state index is 11.9. The van der Waals surface area contributed by atoms with E-state index in [9.17, 15) is 4.79 Å². The van der Waals surface area contributed by atoms with Gasteiger partial charge in [0.15, 0.2) is 5.71 Å². The highest BCUT2D eigenvalue weighted by atomic mass is 35.5. The van der Waals surface area contributed by atoms with Gasteiger partial charge < -0.3 is 10.1 Å². The molecule has 1 aliphatic heterocycles. The standard InChI is InChI=1S/C14H11N3O2.ClH/c1-17-12-3-2-10(9-4-6-15-7-5-9)8-11(12)13(16-19)14(17)18;/h2-8,19H,1H3;1H. The molecule has 0 bridgehead atoms. The summed E-state index contributed by atoms with van der Waals surface area (Å²) in [5.74, 6) is -0.302. The Balaban J connectivity index is 0.00000147. The van der Waals surface area contributed by atoms with Gasteiger partial charge in [-0.15, -0.1) is 12.4 Å². The maximum Gasteiger partial charge on any atom is 0.280 e. The Hall–Kier alpha value is -2.40. The Kier molecular flexibility index (Phi) is 3.72. The van der Waals surface area contributed by atoms with Gasteiger partial charge in [0.25, 0.3) is 5.91 Å². The number of likely N-dealkylation sites (N-methyl/N-ethyl adjacent to an activating group) is 1. The highest BCUT2D eigenvalue weighted by Gasteiger charge is 2.32. The molecule has 1 aromatic carbocycles. The van der Waals surface area contributed by atoms with Gasteiger partial charge in [-0.05, 0) is 35.4 Å². The van der Waals surface area contributed by atoms with Crippen molar-refractivity contribution in [2.24, 2.45) is 5.16 Å². The summed E-state index contributed by atoms with van der Waals surface area (Å²) in [4.78, 5) is 17.3. The third-order valence-electron chi connectivity index (χ3n) is 3.23. The number of pyridine rings is 1. The van der Waals surface area contributed by atoms with E-state index in [4.69, 9.17) is 5.21 Å². The Labute approximate surface area is 122 Å². The zero-order chi connectivity index (χ0) is 13.4. The fourth-order valence-corrected chi connectivity index (χ4v) is 2.22. The second-order valence-electron chi connectivity index (χ2n) is 4.28. The third kappa shape index (κ3) is 2.02. The summed E-state index contributed by atoms with van der Waals surface area (Å²) < 4.78 is 0. The quantitative estimate of drug-likeness (QED) is 0.647. The van der Waals surface area contributed by atoms with Crippen molar-refractivity contribution in [3.8, 4) is 11.1 Å². The van der Waals surface area contributed by atoms with Crippen LogP contribution in [0.4, 0.5) is 5.69 Å². The zero-order valence-corrected chi connectivity index (χ0v) is 11.5. The van der Waals surface area contributed by atoms with Gasteiger partial charge in [-0.3, -0.25) is 9.78 Å². The van der Waals surface area contributed by atoms with Crippen molar-refractivity contribution < 1.29 is 10.0 Å². The van der Waals surface area contributed by atoms with E-state index >= 15 is 0 Å². The van der Waals surface area contributed by atoms with Crippen molar-refractivity contribution in [2.75, 3.05) is 11.9 Å². The minimum Gasteiger partial charge on any atom is -0.410 e. The first-order valence-corrected chi connectivity index (χ1v) is 5.77. The summed E-state index contributed by atoms with van der Waals surface area (Å²) in [6.45, 7) is 0. The average Bonchev–Trinajstić information content (AvgIpc) is 2.71. The summed E-state index contributed by atoms with van der Waals surface area (Å²) in [6, 6.07) is 9.40. The molecule has 102 valence electrons. The number of nitrogens with zero attached hydrogens (tertiary/aromatic N) is 3. The lowest BCUT2D eigenvalue weighted by molar-refractivity contribution is -0.112. The molecule has 20 heavy (non-hydrogen) atoms. The van der Waals surface area contributed by atoms with E-state index in [1.807, 2.05) is 30.3 Å². The highest BCUT2D eigenvalue weighted by Crippen LogP contribution is 2.32. The number of rotatable bonds is 1. The monoisotopic (exact) mass is 289 g/mol. The molecule has 0 saturated heterocycles. The number of hydrogen-bond acceptors (Lipinski definition) is 4. The van der Waals surface area contributed by atoms with Gasteiger partial charge in [0.2, 0.25) is 0 Å². The lowest BCUT2D eigenvalue weighted by Gasteiger charge is -2.09. The molecule has 0 atom stereocenters. The van der Waals surface area contributed by atoms with Crippen LogP contribution in [0.25, 0.3) is 11.1 Å². The topological polar surface area (TPSA) is 65.8 Å². The number of anilines is 1. The molecular weight excluding hydrogens is 278 g/mol. The summed E-state index contributed by atoms with van der Waals surface area (Å²) in [5.41, 5.74) is 3.41. The van der Waals surface area contributed by atoms with Gasteiger partial charge in [-0.25, -0.2) is 0 Å². The smallest absolute Gasteiger partial charge is 0.280 e. The molecule has 0 fully saturated rings. The first-order chi connectivity index (χ1) is 9.22. The predicted molar refractivity (Wildman–Crippen MR) is 78.7 cm³/mol. The van der Waals surface area contributed by atoms with E-state index in [-0.39, 0.29) is 24.0 Å². The molecular formula is C14H12ClN3O2. The zero-order valence-electron chi connectivity index (χ0n) is 10.6. The van der Waals surface area contributed by atoms with Crippen LogP contribution in [0.15, 0.2) is 47.9 Å². The highest BCUT2D eigenvalue weighted by molar-refractivity contribution is 6.54. The van der Waals surface area contributed by atoms with Crippen LogP contribution in [-0.4, -0.2) is 28.9 Å². The number of carbonyl (C=O) groups excluding carboxylic acids is 1. The Morgan fingerprint density at radius 1 is 1.15 bits per heavy atom. The Morgan fingerprint density at radius 3 is 2.50 bits per heavy atom. The van der Waals surface area contributed by atoms with Gasteiger partial charge in [0.05, 0.1) is 5.69 Å². The van der Waals surface area contributed by atoms with Crippen LogP contribution in [0.2, 0.25) is 0 Å². The van der Waals surface area contributed by atoms with Crippen LogP contribution in [-0.2, 0) is 4.79 Å². The fraction of sp³-hybridized carbons (Fsp3) is 0.0714. The van der Waals surface area contributed by atoms with Crippen LogP contribution < -0.4 is 4.90 Å². The van der Waals surface area contributed by atoms with Crippen LogP contribution in [0.3, 0.4) is 0 Å². The van der Waals surface area contributed by atoms with Gasteiger partial charge >= 0.3 is 0 Å². The maximum absolute atomic E-state index is 11.9. The molecule has 2 heterocycles. The molecule has 2 aromatic rings. The second-order valence-corrected chi connectivity index (χ2v) is 4.28. The molecule has 1 amide bonds. The first kappa shape index (κ1) is 14.0. The number of carbonyl (C=O) groups is 1. The number of fused-ring (bicyclic) bond motifs is 1. The van der Waals surface area contributed by atoms with E-state index in [0.29, 0.717) is 5.56 Å². The van der Waals surface area contributed by atoms with E-state index in [1.54, 1.807) is 19.4 Å². The van der Waals surface area contributed by atoms with Crippen molar-refractivity contribution in [2.45, 2.75) is 0 Å². The summed E-state index contributed by atoms with van der Waals surface area (Å²) in [6.07, 6.45) is 3.42. The molecule has 0 saturated carbocycles. The van der Waals surface area contributed by atoms with Crippen molar-refractivity contribution in [1.29, 1.82) is 0 Å². The summed E-state index contributed by atoms with van der Waals surface area (Å²) in [7, 11) is 1.66. The molecule has 5 nitrogen and oxygen atoms in total. The molecule has 3 rings (SSSR count). The second kappa shape index (κ2) is 5.30. The number of hydrogen-bond donors (Lipinski definition) is 1. The van der Waals surface area contributed by atoms with Gasteiger partial charge in [0.1, 0.15) is 0 Å². The molecule has 0 aliphatic carbocycles. The molecule has 0 radical (unpaired) electrons. The van der Waals surface area contributed by atoms with E-state index in [0.717, 1.165) is 16.8 Å². The lowest BCUT2D eigenvalue weighted by Crippen LogP contribution is -2.25. The molecule has 1 N–H and O–H groups in total. The molecule has 1 aromatic heterocycles. The summed E-state index contributed by atoms with van der Waals surface area (Å²) in [5, 5.41) is 12.1. The average molecular weight is 290 g/mol. The largest absolute Gasteiger partial charge is 0.410 e. The van der Waals surface area contributed by atoms with Gasteiger partial charge in [0, 0.05) is 25.0 Å². The van der Waals surface area contributed by atoms with E-state index in [2.05, 4.69) is 10.1 Å². The van der Waals surface area contributed by atoms with Crippen molar-refractivity contribution in [3.05, 3.63) is 48.3 Å². The minimum absolute atomic E-state index is 0. The molecule has 0 spiro atoms. The number of amides is 1. The number of halogens is 1. The van der Waals surface area contributed by atoms with Gasteiger partial charge in [-0.1, -0.05) is 11.2 Å². The minimum atomic E-state index is -0.302. The number of oxime groups is 1. The van der Waals surface area contributed by atoms with E-state index < -0.39 is 0 Å². The molecule has 1 aliphatic rings. The molecule has 0 unspecified atom stereocenters. The van der Waals surface area contributed by atoms with E-state index in [1.165, 1.54) is 4.90 Å². The Bertz CT molecular complexity index is 686. The normalized spacial score (nSPS) is 15.2. The van der Waals surface area contributed by atoms with Crippen molar-refractivity contribution in [1.82, 2.24) is 4.98 Å². The fourth-order valence-electron chi connectivity index (χ4n) is 2.22. The van der Waals surface area contributed by atoms with Crippen LogP contribution >= 0.6 is 12.4 Å². The van der Waals surface area contributed by atoms with Gasteiger partial charge in [-0.2, -0.15) is 0 Å². The SMILES string of the molecule is CN1C(=O)C(=NO)c2cc(-c3ccncc3)ccc21.Cl. The van der Waals surface area contributed by atoms with Crippen molar-refractivity contribution in [3.63, 3.8) is 0 Å². The summed E-state index contributed by atoms with van der Waals surface area (Å²) >= 11 is 0. The van der Waals surface area contributed by atoms with Crippen LogP contribution in [0.1, 0.15) is 5.56 Å².